The van der Waals surface area contributed by atoms with Crippen LogP contribution in [-0.4, -0.2) is 9.36 Å². The van der Waals surface area contributed by atoms with Gasteiger partial charge in [0.2, 0.25) is 4.73 Å². The molecule has 1 heterocycles. The highest BCUT2D eigenvalue weighted by Crippen LogP contribution is 2.53. The number of hydrogen-bond acceptors (Lipinski definition) is 3. The molecule has 2 bridgehead atoms. The zero-order valence-corrected chi connectivity index (χ0v) is 9.64. The fourth-order valence-corrected chi connectivity index (χ4v) is 4.20. The van der Waals surface area contributed by atoms with Crippen molar-refractivity contribution in [1.82, 2.24) is 9.36 Å². The lowest BCUT2D eigenvalue weighted by Gasteiger charge is -2.18. The second-order valence-electron chi connectivity index (χ2n) is 4.18. The lowest BCUT2D eigenvalue weighted by Crippen LogP contribution is -2.07. The molecule has 1 aromatic heterocycles. The highest BCUT2D eigenvalue weighted by molar-refractivity contribution is 9.10. The molecular weight excluding hydrogens is 248 g/mol. The maximum Gasteiger partial charge on any atom is 0.209 e. The van der Waals surface area contributed by atoms with E-state index in [1.54, 1.807) is 11.5 Å². The predicted octanol–water partition coefficient (Wildman–Crippen LogP) is 3.20. The molecule has 2 fully saturated rings. The van der Waals surface area contributed by atoms with Gasteiger partial charge in [-0.15, -0.1) is 0 Å². The summed E-state index contributed by atoms with van der Waals surface area (Å²) < 4.78 is 4.97. The summed E-state index contributed by atoms with van der Waals surface area (Å²) >= 11 is 4.90. The molecule has 3 rings (SSSR count). The number of aromatic nitrogens is 2. The van der Waals surface area contributed by atoms with E-state index in [0.717, 1.165) is 22.5 Å². The Balaban J connectivity index is 1.87. The SMILES string of the molecule is Brc1nsc(C2CC3CCC2C3)n1. The van der Waals surface area contributed by atoms with Crippen molar-refractivity contribution in [3.05, 3.63) is 9.74 Å². The van der Waals surface area contributed by atoms with E-state index in [0.29, 0.717) is 0 Å². The van der Waals surface area contributed by atoms with Gasteiger partial charge < -0.3 is 0 Å². The molecule has 4 heteroatoms. The zero-order chi connectivity index (χ0) is 8.84. The van der Waals surface area contributed by atoms with Gasteiger partial charge in [-0.25, -0.2) is 4.98 Å². The first-order valence-corrected chi connectivity index (χ1v) is 6.38. The van der Waals surface area contributed by atoms with E-state index in [1.807, 2.05) is 0 Å². The molecule has 13 heavy (non-hydrogen) atoms. The van der Waals surface area contributed by atoms with E-state index in [1.165, 1.54) is 30.7 Å². The number of nitrogens with zero attached hydrogens (tertiary/aromatic N) is 2. The average molecular weight is 259 g/mol. The second kappa shape index (κ2) is 3.02. The van der Waals surface area contributed by atoms with Gasteiger partial charge in [0.15, 0.2) is 0 Å². The molecule has 0 aliphatic heterocycles. The van der Waals surface area contributed by atoms with Crippen LogP contribution in [0.15, 0.2) is 4.73 Å². The van der Waals surface area contributed by atoms with Crippen molar-refractivity contribution in [2.45, 2.75) is 31.6 Å². The molecule has 0 saturated heterocycles. The molecule has 2 saturated carbocycles. The van der Waals surface area contributed by atoms with Gasteiger partial charge in [0.25, 0.3) is 0 Å². The smallest absolute Gasteiger partial charge is 0.209 e. The van der Waals surface area contributed by atoms with Gasteiger partial charge in [-0.05, 0) is 58.6 Å². The zero-order valence-electron chi connectivity index (χ0n) is 7.24. The van der Waals surface area contributed by atoms with E-state index in [4.69, 9.17) is 0 Å². The van der Waals surface area contributed by atoms with E-state index in [-0.39, 0.29) is 0 Å². The van der Waals surface area contributed by atoms with Gasteiger partial charge in [-0.1, -0.05) is 6.42 Å². The van der Waals surface area contributed by atoms with Crippen LogP contribution in [0.4, 0.5) is 0 Å². The van der Waals surface area contributed by atoms with Crippen molar-refractivity contribution in [2.75, 3.05) is 0 Å². The molecule has 3 unspecified atom stereocenters. The third-order valence-electron chi connectivity index (χ3n) is 3.47. The molecule has 70 valence electrons. The molecule has 3 atom stereocenters. The molecule has 0 aromatic carbocycles. The molecule has 1 aromatic rings. The van der Waals surface area contributed by atoms with Crippen LogP contribution in [0, 0.1) is 11.8 Å². The first kappa shape index (κ1) is 8.36. The van der Waals surface area contributed by atoms with Gasteiger partial charge in [0.1, 0.15) is 5.01 Å². The van der Waals surface area contributed by atoms with E-state index in [2.05, 4.69) is 25.3 Å². The number of rotatable bonds is 1. The van der Waals surface area contributed by atoms with E-state index >= 15 is 0 Å². The Morgan fingerprint density at radius 3 is 2.77 bits per heavy atom. The summed E-state index contributed by atoms with van der Waals surface area (Å²) in [6.45, 7) is 0. The van der Waals surface area contributed by atoms with E-state index in [9.17, 15) is 0 Å². The van der Waals surface area contributed by atoms with Crippen LogP contribution < -0.4 is 0 Å². The predicted molar refractivity (Wildman–Crippen MR) is 55.8 cm³/mol. The van der Waals surface area contributed by atoms with Crippen molar-refractivity contribution in [2.24, 2.45) is 11.8 Å². The molecule has 2 nitrogen and oxygen atoms in total. The monoisotopic (exact) mass is 258 g/mol. The number of halogens is 1. The molecule has 0 amide bonds. The van der Waals surface area contributed by atoms with Crippen LogP contribution in [-0.2, 0) is 0 Å². The molecule has 0 N–H and O–H groups in total. The quantitative estimate of drug-likeness (QED) is 0.774. The van der Waals surface area contributed by atoms with Gasteiger partial charge in [-0.3, -0.25) is 0 Å². The third-order valence-corrected chi connectivity index (χ3v) is 4.91. The Bertz CT molecular complexity index is 325. The fourth-order valence-electron chi connectivity index (χ4n) is 2.91. The summed E-state index contributed by atoms with van der Waals surface area (Å²) in [5.41, 5.74) is 0. The lowest BCUT2D eigenvalue weighted by atomic mass is 9.89. The normalized spacial score (nSPS) is 37.2. The Labute approximate surface area is 90.1 Å². The Morgan fingerprint density at radius 1 is 1.31 bits per heavy atom. The summed E-state index contributed by atoms with van der Waals surface area (Å²) in [7, 11) is 0. The van der Waals surface area contributed by atoms with Crippen LogP contribution in [0.25, 0.3) is 0 Å². The van der Waals surface area contributed by atoms with Crippen molar-refractivity contribution < 1.29 is 0 Å². The summed E-state index contributed by atoms with van der Waals surface area (Å²) in [4.78, 5) is 4.44. The number of hydrogen-bond donors (Lipinski definition) is 0. The van der Waals surface area contributed by atoms with E-state index < -0.39 is 0 Å². The Morgan fingerprint density at radius 2 is 2.23 bits per heavy atom. The summed E-state index contributed by atoms with van der Waals surface area (Å²) in [6.07, 6.45) is 5.70. The summed E-state index contributed by atoms with van der Waals surface area (Å²) in [5.74, 6) is 2.66. The third kappa shape index (κ3) is 1.34. The van der Waals surface area contributed by atoms with Gasteiger partial charge in [0.05, 0.1) is 0 Å². The van der Waals surface area contributed by atoms with Gasteiger partial charge >= 0.3 is 0 Å². The fraction of sp³-hybridized carbons (Fsp3) is 0.778. The van der Waals surface area contributed by atoms with Gasteiger partial charge in [0, 0.05) is 5.92 Å². The minimum Gasteiger partial charge on any atom is -0.214 e. The second-order valence-corrected chi connectivity index (χ2v) is 5.68. The standard InChI is InChI=1S/C9H11BrN2S/c10-9-11-8(13-12-9)7-4-5-1-2-6(7)3-5/h5-7H,1-4H2. The summed E-state index contributed by atoms with van der Waals surface area (Å²) in [5, 5.41) is 1.26. The first-order valence-electron chi connectivity index (χ1n) is 4.82. The first-order chi connectivity index (χ1) is 6.33. The topological polar surface area (TPSA) is 25.8 Å². The van der Waals surface area contributed by atoms with Crippen molar-refractivity contribution in [1.29, 1.82) is 0 Å². The minimum absolute atomic E-state index is 0.738. The van der Waals surface area contributed by atoms with Crippen LogP contribution in [0.5, 0.6) is 0 Å². The van der Waals surface area contributed by atoms with Crippen LogP contribution in [0.1, 0.15) is 36.6 Å². The molecule has 2 aliphatic rings. The maximum atomic E-state index is 4.44. The molecule has 0 radical (unpaired) electrons. The van der Waals surface area contributed by atoms with Crippen LogP contribution in [0.2, 0.25) is 0 Å². The lowest BCUT2D eigenvalue weighted by molar-refractivity contribution is 0.418. The van der Waals surface area contributed by atoms with Crippen molar-refractivity contribution in [3.8, 4) is 0 Å². The molecule has 0 spiro atoms. The molecule has 2 aliphatic carbocycles. The Kier molecular flexibility index (Phi) is 1.94. The molecular formula is C9H11BrN2S. The minimum atomic E-state index is 0.738. The van der Waals surface area contributed by atoms with Crippen molar-refractivity contribution in [3.63, 3.8) is 0 Å². The van der Waals surface area contributed by atoms with Crippen LogP contribution >= 0.6 is 27.5 Å². The highest BCUT2D eigenvalue weighted by Gasteiger charge is 2.41. The van der Waals surface area contributed by atoms with Gasteiger partial charge in [-0.2, -0.15) is 4.37 Å². The van der Waals surface area contributed by atoms with Crippen LogP contribution in [0.3, 0.4) is 0 Å². The maximum absolute atomic E-state index is 4.44. The average Bonchev–Trinajstić information content (AvgIpc) is 2.77. The Hall–Kier alpha value is 0.0400. The van der Waals surface area contributed by atoms with Crippen molar-refractivity contribution >= 4 is 27.5 Å². The largest absolute Gasteiger partial charge is 0.214 e. The summed E-state index contributed by atoms with van der Waals surface area (Å²) in [6, 6.07) is 0. The number of fused-ring (bicyclic) bond motifs is 2. The highest BCUT2D eigenvalue weighted by atomic mass is 79.9.